The van der Waals surface area contributed by atoms with Crippen molar-refractivity contribution in [2.45, 2.75) is 12.7 Å². The molecule has 0 amide bonds. The van der Waals surface area contributed by atoms with Gasteiger partial charge >= 0.3 is 6.18 Å². The van der Waals surface area contributed by atoms with Crippen molar-refractivity contribution in [1.29, 1.82) is 0 Å². The standard InChI is InChI=1S/C11H12F3NO/c1-15(2)7-8-3-5-9(6-4-8)10(16)11(12,13)14/h3-6H,7H2,1-2H3. The number of ketones is 1. The number of benzene rings is 1. The van der Waals surface area contributed by atoms with Crippen LogP contribution in [0.3, 0.4) is 0 Å². The van der Waals surface area contributed by atoms with Gasteiger partial charge in [0.1, 0.15) is 0 Å². The average molecular weight is 231 g/mol. The van der Waals surface area contributed by atoms with Crippen LogP contribution in [0, 0.1) is 0 Å². The Morgan fingerprint density at radius 2 is 1.69 bits per heavy atom. The summed E-state index contributed by atoms with van der Waals surface area (Å²) in [7, 11) is 3.71. The molecular weight excluding hydrogens is 219 g/mol. The highest BCUT2D eigenvalue weighted by molar-refractivity contribution is 6.00. The number of carbonyl (C=O) groups is 1. The van der Waals surface area contributed by atoms with Crippen molar-refractivity contribution in [2.24, 2.45) is 0 Å². The molecule has 1 aromatic carbocycles. The van der Waals surface area contributed by atoms with Gasteiger partial charge in [-0.3, -0.25) is 4.79 Å². The smallest absolute Gasteiger partial charge is 0.305 e. The summed E-state index contributed by atoms with van der Waals surface area (Å²) in [5, 5.41) is 0. The van der Waals surface area contributed by atoms with E-state index in [0.717, 1.165) is 5.56 Å². The number of carbonyl (C=O) groups excluding carboxylic acids is 1. The third-order valence-corrected chi connectivity index (χ3v) is 1.97. The highest BCUT2D eigenvalue weighted by atomic mass is 19.4. The van der Waals surface area contributed by atoms with Crippen LogP contribution in [-0.4, -0.2) is 31.0 Å². The first kappa shape index (κ1) is 12.7. The zero-order valence-corrected chi connectivity index (χ0v) is 9.01. The predicted octanol–water partition coefficient (Wildman–Crippen LogP) is 2.49. The molecule has 0 aromatic heterocycles. The maximum Gasteiger partial charge on any atom is 0.454 e. The minimum Gasteiger partial charge on any atom is -0.305 e. The number of Topliss-reactive ketones (excluding diaryl/α,β-unsaturated/α-hetero) is 1. The Bertz CT molecular complexity index is 368. The van der Waals surface area contributed by atoms with Crippen molar-refractivity contribution < 1.29 is 18.0 Å². The maximum atomic E-state index is 12.1. The van der Waals surface area contributed by atoms with Gasteiger partial charge in [-0.05, 0) is 19.7 Å². The Morgan fingerprint density at radius 1 is 1.19 bits per heavy atom. The van der Waals surface area contributed by atoms with Crippen LogP contribution in [0.5, 0.6) is 0 Å². The van der Waals surface area contributed by atoms with Gasteiger partial charge < -0.3 is 4.90 Å². The van der Waals surface area contributed by atoms with Gasteiger partial charge in [0.05, 0.1) is 0 Å². The van der Waals surface area contributed by atoms with E-state index in [1.54, 1.807) is 0 Å². The lowest BCUT2D eigenvalue weighted by molar-refractivity contribution is -0.0885. The molecule has 0 saturated heterocycles. The normalized spacial score (nSPS) is 11.9. The fourth-order valence-electron chi connectivity index (χ4n) is 1.29. The minimum absolute atomic E-state index is 0.324. The molecule has 0 aliphatic carbocycles. The van der Waals surface area contributed by atoms with E-state index in [0.29, 0.717) is 6.54 Å². The fourth-order valence-corrected chi connectivity index (χ4v) is 1.29. The Kier molecular flexibility index (Phi) is 3.70. The number of hydrogen-bond donors (Lipinski definition) is 0. The Balaban J connectivity index is 2.83. The second-order valence-corrected chi connectivity index (χ2v) is 3.76. The molecule has 5 heteroatoms. The van der Waals surface area contributed by atoms with Crippen LogP contribution in [0.2, 0.25) is 0 Å². The molecule has 0 aliphatic rings. The Morgan fingerprint density at radius 3 is 2.06 bits per heavy atom. The zero-order valence-electron chi connectivity index (χ0n) is 9.01. The summed E-state index contributed by atoms with van der Waals surface area (Å²) in [6.45, 7) is 0.625. The Hall–Kier alpha value is -1.36. The Labute approximate surface area is 91.7 Å². The van der Waals surface area contributed by atoms with Gasteiger partial charge in [-0.2, -0.15) is 13.2 Å². The van der Waals surface area contributed by atoms with Crippen LogP contribution in [0.15, 0.2) is 24.3 Å². The van der Waals surface area contributed by atoms with Gasteiger partial charge in [0, 0.05) is 12.1 Å². The van der Waals surface area contributed by atoms with Gasteiger partial charge in [-0.1, -0.05) is 24.3 Å². The van der Waals surface area contributed by atoms with Crippen molar-refractivity contribution in [2.75, 3.05) is 14.1 Å². The van der Waals surface area contributed by atoms with Crippen LogP contribution in [0.1, 0.15) is 15.9 Å². The van der Waals surface area contributed by atoms with Gasteiger partial charge in [0.15, 0.2) is 0 Å². The van der Waals surface area contributed by atoms with Crippen molar-refractivity contribution in [1.82, 2.24) is 4.90 Å². The molecule has 2 nitrogen and oxygen atoms in total. The second-order valence-electron chi connectivity index (χ2n) is 3.76. The molecular formula is C11H12F3NO. The number of halogens is 3. The molecule has 0 unspecified atom stereocenters. The number of rotatable bonds is 3. The average Bonchev–Trinajstić information content (AvgIpc) is 2.15. The van der Waals surface area contributed by atoms with E-state index in [4.69, 9.17) is 0 Å². The van der Waals surface area contributed by atoms with Gasteiger partial charge in [-0.15, -0.1) is 0 Å². The molecule has 0 aliphatic heterocycles. The van der Waals surface area contributed by atoms with E-state index in [1.165, 1.54) is 24.3 Å². The van der Waals surface area contributed by atoms with Gasteiger partial charge in [-0.25, -0.2) is 0 Å². The summed E-state index contributed by atoms with van der Waals surface area (Å²) in [5.41, 5.74) is 0.540. The first-order valence-corrected chi connectivity index (χ1v) is 4.66. The third-order valence-electron chi connectivity index (χ3n) is 1.97. The minimum atomic E-state index is -4.80. The van der Waals surface area contributed by atoms with Crippen molar-refractivity contribution >= 4 is 5.78 Å². The summed E-state index contributed by atoms with van der Waals surface area (Å²) in [4.78, 5) is 12.8. The lowest BCUT2D eigenvalue weighted by Gasteiger charge is -2.10. The molecule has 0 spiro atoms. The summed E-state index contributed by atoms with van der Waals surface area (Å²) in [6, 6.07) is 5.46. The highest BCUT2D eigenvalue weighted by Crippen LogP contribution is 2.21. The van der Waals surface area contributed by atoms with Crippen molar-refractivity contribution in [3.05, 3.63) is 35.4 Å². The largest absolute Gasteiger partial charge is 0.454 e. The highest BCUT2D eigenvalue weighted by Gasteiger charge is 2.39. The number of hydrogen-bond acceptors (Lipinski definition) is 2. The predicted molar refractivity (Wildman–Crippen MR) is 54.2 cm³/mol. The fraction of sp³-hybridized carbons (Fsp3) is 0.364. The van der Waals surface area contributed by atoms with E-state index >= 15 is 0 Å². The first-order chi connectivity index (χ1) is 7.30. The van der Waals surface area contributed by atoms with E-state index < -0.39 is 12.0 Å². The van der Waals surface area contributed by atoms with E-state index in [-0.39, 0.29) is 5.56 Å². The molecule has 0 atom stereocenters. The molecule has 0 fully saturated rings. The van der Waals surface area contributed by atoms with Crippen LogP contribution in [0.25, 0.3) is 0 Å². The SMILES string of the molecule is CN(C)Cc1ccc(C(=O)C(F)(F)F)cc1. The van der Waals surface area contributed by atoms with Crippen LogP contribution in [-0.2, 0) is 6.54 Å². The van der Waals surface area contributed by atoms with Crippen LogP contribution < -0.4 is 0 Å². The molecule has 0 N–H and O–H groups in total. The monoisotopic (exact) mass is 231 g/mol. The third kappa shape index (κ3) is 3.34. The molecule has 0 radical (unpaired) electrons. The summed E-state index contributed by atoms with van der Waals surface area (Å²) < 4.78 is 36.3. The maximum absolute atomic E-state index is 12.1. The lowest BCUT2D eigenvalue weighted by Crippen LogP contribution is -2.22. The first-order valence-electron chi connectivity index (χ1n) is 4.66. The lowest BCUT2D eigenvalue weighted by atomic mass is 10.1. The van der Waals surface area contributed by atoms with Crippen LogP contribution in [0.4, 0.5) is 13.2 Å². The quantitative estimate of drug-likeness (QED) is 0.745. The van der Waals surface area contributed by atoms with Crippen molar-refractivity contribution in [3.8, 4) is 0 Å². The topological polar surface area (TPSA) is 20.3 Å². The molecule has 88 valence electrons. The molecule has 1 aromatic rings. The second kappa shape index (κ2) is 4.65. The number of alkyl halides is 3. The summed E-state index contributed by atoms with van der Waals surface area (Å²) in [5.74, 6) is -1.80. The molecule has 0 saturated carbocycles. The zero-order chi connectivity index (χ0) is 12.3. The van der Waals surface area contributed by atoms with E-state index in [9.17, 15) is 18.0 Å². The van der Waals surface area contributed by atoms with Gasteiger partial charge in [0.2, 0.25) is 0 Å². The molecule has 0 heterocycles. The van der Waals surface area contributed by atoms with Crippen LogP contribution >= 0.6 is 0 Å². The summed E-state index contributed by atoms with van der Waals surface area (Å²) in [6.07, 6.45) is -4.80. The number of nitrogens with zero attached hydrogens (tertiary/aromatic N) is 1. The molecule has 16 heavy (non-hydrogen) atoms. The van der Waals surface area contributed by atoms with E-state index in [2.05, 4.69) is 0 Å². The summed E-state index contributed by atoms with van der Waals surface area (Å²) >= 11 is 0. The van der Waals surface area contributed by atoms with Crippen molar-refractivity contribution in [3.63, 3.8) is 0 Å². The molecule has 0 bridgehead atoms. The molecule has 1 rings (SSSR count). The van der Waals surface area contributed by atoms with Gasteiger partial charge in [0.25, 0.3) is 5.78 Å². The van der Waals surface area contributed by atoms with E-state index in [1.807, 2.05) is 19.0 Å².